The molecular weight excluding hydrogens is 410 g/mol. The van der Waals surface area contributed by atoms with E-state index < -0.39 is 15.9 Å². The molecule has 0 aliphatic carbocycles. The van der Waals surface area contributed by atoms with Crippen molar-refractivity contribution in [2.75, 3.05) is 13.6 Å². The summed E-state index contributed by atoms with van der Waals surface area (Å²) in [6, 6.07) is 20.3. The van der Waals surface area contributed by atoms with Crippen molar-refractivity contribution in [3.05, 3.63) is 77.9 Å². The van der Waals surface area contributed by atoms with Gasteiger partial charge in [-0.3, -0.25) is 4.79 Å². The molecule has 0 radical (unpaired) electrons. The minimum Gasteiger partial charge on any atom is -0.272 e. The van der Waals surface area contributed by atoms with Crippen LogP contribution in [0.4, 0.5) is 0 Å². The Balaban J connectivity index is 1.62. The lowest BCUT2D eigenvalue weighted by atomic mass is 9.87. The van der Waals surface area contributed by atoms with Crippen LogP contribution in [0.3, 0.4) is 0 Å². The molecule has 0 aromatic heterocycles. The first-order valence-electron chi connectivity index (χ1n) is 9.95. The van der Waals surface area contributed by atoms with Gasteiger partial charge in [0.1, 0.15) is 0 Å². The maximum atomic E-state index is 12.8. The van der Waals surface area contributed by atoms with E-state index in [9.17, 15) is 13.2 Å². The number of amides is 1. The summed E-state index contributed by atoms with van der Waals surface area (Å²) in [5.74, 6) is -0.519. The van der Waals surface area contributed by atoms with Gasteiger partial charge in [-0.2, -0.15) is 9.41 Å². The Morgan fingerprint density at radius 3 is 2.29 bits per heavy atom. The lowest BCUT2D eigenvalue weighted by Gasteiger charge is -2.18. The highest BCUT2D eigenvalue weighted by Gasteiger charge is 2.23. The summed E-state index contributed by atoms with van der Waals surface area (Å²) in [5, 5.41) is 5.71. The van der Waals surface area contributed by atoms with Crippen LogP contribution in [0.1, 0.15) is 31.9 Å². The summed E-state index contributed by atoms with van der Waals surface area (Å²) < 4.78 is 26.7. The van der Waals surface area contributed by atoms with Crippen LogP contribution in [-0.2, 0) is 20.2 Å². The van der Waals surface area contributed by atoms with E-state index in [1.165, 1.54) is 18.8 Å². The van der Waals surface area contributed by atoms with Gasteiger partial charge in [-0.05, 0) is 39.4 Å². The van der Waals surface area contributed by atoms with Gasteiger partial charge in [0.05, 0.1) is 17.7 Å². The molecule has 7 heteroatoms. The van der Waals surface area contributed by atoms with Crippen molar-refractivity contribution in [1.82, 2.24) is 9.73 Å². The van der Waals surface area contributed by atoms with Gasteiger partial charge in [-0.1, -0.05) is 75.4 Å². The Bertz CT molecular complexity index is 1210. The number of rotatable bonds is 6. The van der Waals surface area contributed by atoms with Crippen LogP contribution in [0.5, 0.6) is 0 Å². The first kappa shape index (κ1) is 22.7. The number of likely N-dealkylation sites (N-methyl/N-ethyl adjacent to an activating group) is 1. The molecular formula is C24H27N3O3S. The largest absolute Gasteiger partial charge is 0.272 e. The third-order valence-electron chi connectivity index (χ3n) is 4.97. The Morgan fingerprint density at radius 1 is 1.00 bits per heavy atom. The molecule has 0 aliphatic heterocycles. The van der Waals surface area contributed by atoms with Crippen LogP contribution in [0.15, 0.2) is 76.7 Å². The first-order chi connectivity index (χ1) is 14.6. The minimum absolute atomic E-state index is 0.0605. The van der Waals surface area contributed by atoms with Crippen LogP contribution in [0.25, 0.3) is 10.8 Å². The van der Waals surface area contributed by atoms with Gasteiger partial charge < -0.3 is 0 Å². The summed E-state index contributed by atoms with van der Waals surface area (Å²) in [6.45, 7) is 6.08. The third-order valence-corrected chi connectivity index (χ3v) is 6.77. The molecule has 0 aliphatic rings. The highest BCUT2D eigenvalue weighted by atomic mass is 32.2. The van der Waals surface area contributed by atoms with Crippen molar-refractivity contribution in [1.29, 1.82) is 0 Å². The second-order valence-electron chi connectivity index (χ2n) is 8.44. The number of hydrogen-bond acceptors (Lipinski definition) is 4. The fourth-order valence-corrected chi connectivity index (χ4v) is 4.24. The maximum Gasteiger partial charge on any atom is 0.255 e. The fourth-order valence-electron chi connectivity index (χ4n) is 3.08. The van der Waals surface area contributed by atoms with E-state index in [4.69, 9.17) is 0 Å². The van der Waals surface area contributed by atoms with E-state index in [0.29, 0.717) is 0 Å². The van der Waals surface area contributed by atoms with Crippen molar-refractivity contribution >= 4 is 32.9 Å². The smallest absolute Gasteiger partial charge is 0.255 e. The summed E-state index contributed by atoms with van der Waals surface area (Å²) in [5.41, 5.74) is 4.49. The average molecular weight is 438 g/mol. The van der Waals surface area contributed by atoms with Crippen LogP contribution in [0, 0.1) is 0 Å². The number of hydrazone groups is 1. The van der Waals surface area contributed by atoms with Gasteiger partial charge in [0.25, 0.3) is 5.91 Å². The molecule has 1 amide bonds. The van der Waals surface area contributed by atoms with Gasteiger partial charge in [-0.15, -0.1) is 0 Å². The zero-order valence-electron chi connectivity index (χ0n) is 18.2. The van der Waals surface area contributed by atoms with Gasteiger partial charge >= 0.3 is 0 Å². The number of sulfonamides is 1. The second kappa shape index (κ2) is 8.99. The number of fused-ring (bicyclic) bond motifs is 1. The SMILES string of the molecule is CN(CC(=O)N/N=C/c1ccc(C(C)(C)C)cc1)S(=O)(=O)c1ccc2ccccc2c1. The van der Waals surface area contributed by atoms with E-state index >= 15 is 0 Å². The van der Waals surface area contributed by atoms with Crippen molar-refractivity contribution in [2.24, 2.45) is 5.10 Å². The van der Waals surface area contributed by atoms with Gasteiger partial charge in [-0.25, -0.2) is 13.8 Å². The second-order valence-corrected chi connectivity index (χ2v) is 10.5. The molecule has 0 spiro atoms. The first-order valence-corrected chi connectivity index (χ1v) is 11.4. The zero-order chi connectivity index (χ0) is 22.6. The minimum atomic E-state index is -3.80. The van der Waals surface area contributed by atoms with E-state index in [1.54, 1.807) is 18.2 Å². The van der Waals surface area contributed by atoms with Gasteiger partial charge in [0, 0.05) is 7.05 Å². The third kappa shape index (κ3) is 5.57. The van der Waals surface area contributed by atoms with E-state index in [2.05, 4.69) is 31.3 Å². The number of carbonyl (C=O) groups excluding carboxylic acids is 1. The molecule has 0 fully saturated rings. The van der Waals surface area contributed by atoms with E-state index in [1.807, 2.05) is 48.5 Å². The summed E-state index contributed by atoms with van der Waals surface area (Å²) in [6.07, 6.45) is 1.53. The number of nitrogens with zero attached hydrogens (tertiary/aromatic N) is 2. The highest BCUT2D eigenvalue weighted by Crippen LogP contribution is 2.22. The Labute approximate surface area is 183 Å². The molecule has 1 N–H and O–H groups in total. The normalized spacial score (nSPS) is 12.5. The molecule has 0 saturated heterocycles. The standard InChI is InChI=1S/C24H27N3O3S/c1-24(2,3)21-12-9-18(10-13-21)16-25-26-23(28)17-27(4)31(29,30)22-14-11-19-7-5-6-8-20(19)15-22/h5-16H,17H2,1-4H3,(H,26,28)/b25-16+. The predicted octanol–water partition coefficient (Wildman–Crippen LogP) is 3.91. The average Bonchev–Trinajstić information content (AvgIpc) is 2.73. The Morgan fingerprint density at radius 2 is 1.65 bits per heavy atom. The summed E-state index contributed by atoms with van der Waals surface area (Å²) in [7, 11) is -2.43. The molecule has 6 nitrogen and oxygen atoms in total. The molecule has 0 heterocycles. The van der Waals surface area contributed by atoms with Crippen LogP contribution in [-0.4, -0.2) is 38.4 Å². The van der Waals surface area contributed by atoms with E-state index in [-0.39, 0.29) is 16.9 Å². The highest BCUT2D eigenvalue weighted by molar-refractivity contribution is 7.89. The summed E-state index contributed by atoms with van der Waals surface area (Å²) >= 11 is 0. The Kier molecular flexibility index (Phi) is 6.57. The molecule has 3 rings (SSSR count). The molecule has 3 aromatic carbocycles. The fraction of sp³-hybridized carbons (Fsp3) is 0.250. The van der Waals surface area contributed by atoms with Crippen molar-refractivity contribution in [3.63, 3.8) is 0 Å². The molecule has 3 aromatic rings. The number of hydrogen-bond donors (Lipinski definition) is 1. The quantitative estimate of drug-likeness (QED) is 0.469. The van der Waals surface area contributed by atoms with Crippen molar-refractivity contribution < 1.29 is 13.2 Å². The van der Waals surface area contributed by atoms with Crippen molar-refractivity contribution in [2.45, 2.75) is 31.1 Å². The number of nitrogens with one attached hydrogen (secondary N) is 1. The topological polar surface area (TPSA) is 78.8 Å². The lowest BCUT2D eigenvalue weighted by Crippen LogP contribution is -2.36. The maximum absolute atomic E-state index is 12.8. The molecule has 0 unspecified atom stereocenters. The predicted molar refractivity (Wildman–Crippen MR) is 125 cm³/mol. The van der Waals surface area contributed by atoms with Gasteiger partial charge in [0.2, 0.25) is 10.0 Å². The van der Waals surface area contributed by atoms with Crippen LogP contribution < -0.4 is 5.43 Å². The molecule has 0 atom stereocenters. The monoisotopic (exact) mass is 437 g/mol. The molecule has 162 valence electrons. The Hall–Kier alpha value is -3.03. The molecule has 0 saturated carbocycles. The van der Waals surface area contributed by atoms with Crippen molar-refractivity contribution in [3.8, 4) is 0 Å². The molecule has 0 bridgehead atoms. The van der Waals surface area contributed by atoms with E-state index in [0.717, 1.165) is 20.6 Å². The molecule has 31 heavy (non-hydrogen) atoms. The zero-order valence-corrected chi connectivity index (χ0v) is 19.0. The number of benzene rings is 3. The van der Waals surface area contributed by atoms with Crippen LogP contribution >= 0.6 is 0 Å². The summed E-state index contributed by atoms with van der Waals surface area (Å²) in [4.78, 5) is 12.3. The number of carbonyl (C=O) groups is 1. The lowest BCUT2D eigenvalue weighted by molar-refractivity contribution is -0.121. The van der Waals surface area contributed by atoms with Crippen LogP contribution in [0.2, 0.25) is 0 Å². The van der Waals surface area contributed by atoms with Gasteiger partial charge in [0.15, 0.2) is 0 Å².